The maximum absolute atomic E-state index is 13.6. The number of halogens is 3. The van der Waals surface area contributed by atoms with Gasteiger partial charge in [-0.3, -0.25) is 14.5 Å². The third-order valence-electron chi connectivity index (χ3n) is 5.78. The quantitative estimate of drug-likeness (QED) is 0.314. The Morgan fingerprint density at radius 1 is 1.05 bits per heavy atom. The zero-order chi connectivity index (χ0) is 26.5. The molecule has 3 heterocycles. The van der Waals surface area contributed by atoms with Crippen molar-refractivity contribution >= 4 is 28.3 Å². The number of para-hydroxylation sites is 1. The number of hydrogen-bond acceptors (Lipinski definition) is 7. The smallest absolute Gasteiger partial charge is 0.503 e. The lowest BCUT2D eigenvalue weighted by Crippen LogP contribution is -2.30. The first-order chi connectivity index (χ1) is 17.6. The lowest BCUT2D eigenvalue weighted by atomic mass is 9.99. The zero-order valence-electron chi connectivity index (χ0n) is 19.3. The Labute approximate surface area is 207 Å². The minimum atomic E-state index is -4.89. The number of Topliss-reactive ketones (excluding diaryl/α,β-unsaturated/α-hetero) is 1. The van der Waals surface area contributed by atoms with Gasteiger partial charge in [-0.05, 0) is 55.5 Å². The number of rotatable bonds is 6. The van der Waals surface area contributed by atoms with Crippen LogP contribution >= 0.6 is 0 Å². The molecule has 0 aliphatic carbocycles. The van der Waals surface area contributed by atoms with Crippen molar-refractivity contribution in [3.8, 4) is 11.5 Å². The van der Waals surface area contributed by atoms with Crippen LogP contribution in [0.25, 0.3) is 11.0 Å². The minimum Gasteiger partial charge on any atom is -0.503 e. The van der Waals surface area contributed by atoms with E-state index in [1.54, 1.807) is 31.2 Å². The summed E-state index contributed by atoms with van der Waals surface area (Å²) in [4.78, 5) is 27.9. The van der Waals surface area contributed by atoms with Crippen LogP contribution in [0.15, 0.2) is 80.8 Å². The maximum atomic E-state index is 13.6. The van der Waals surface area contributed by atoms with Crippen LogP contribution < -0.4 is 14.4 Å². The zero-order valence-corrected chi connectivity index (χ0v) is 19.3. The van der Waals surface area contributed by atoms with Crippen LogP contribution in [0, 0.1) is 6.92 Å². The highest BCUT2D eigenvalue weighted by atomic mass is 19.4. The standard InChI is InChI=1S/C26H18F3NO7/c1-13-6-11-17(35-13)21-20(22(31)19-12-14-4-3-5-18(34-2)24(14)36-19)23(32)25(33)30(21)15-7-9-16(10-8-15)37-26(27,28)29/h3-12,21,32H,1-2H3. The molecule has 2 aromatic carbocycles. The van der Waals surface area contributed by atoms with Crippen molar-refractivity contribution < 1.29 is 46.2 Å². The van der Waals surface area contributed by atoms with E-state index in [2.05, 4.69) is 4.74 Å². The highest BCUT2D eigenvalue weighted by molar-refractivity contribution is 6.20. The van der Waals surface area contributed by atoms with Gasteiger partial charge in [0, 0.05) is 11.1 Å². The van der Waals surface area contributed by atoms with Gasteiger partial charge in [0.2, 0.25) is 5.78 Å². The molecule has 1 N–H and O–H groups in total. The molecule has 0 saturated carbocycles. The normalized spacial score (nSPS) is 16.1. The molecule has 0 fully saturated rings. The fourth-order valence-electron chi connectivity index (χ4n) is 4.22. The summed E-state index contributed by atoms with van der Waals surface area (Å²) in [5.41, 5.74) is 0.0902. The van der Waals surface area contributed by atoms with Gasteiger partial charge >= 0.3 is 6.36 Å². The van der Waals surface area contributed by atoms with Gasteiger partial charge in [-0.2, -0.15) is 0 Å². The SMILES string of the molecule is COc1cccc2cc(C(=O)C3=C(O)C(=O)N(c4ccc(OC(F)(F)F)cc4)C3c3ccc(C)o3)oc12. The monoisotopic (exact) mass is 513 g/mol. The van der Waals surface area contributed by atoms with Crippen molar-refractivity contribution in [1.82, 2.24) is 0 Å². The number of ketones is 1. The number of carbonyl (C=O) groups excluding carboxylic acids is 2. The summed E-state index contributed by atoms with van der Waals surface area (Å²) in [6.07, 6.45) is -4.89. The summed E-state index contributed by atoms with van der Waals surface area (Å²) in [5.74, 6) is -2.20. The molecule has 5 rings (SSSR count). The fourth-order valence-corrected chi connectivity index (χ4v) is 4.22. The molecule has 4 aromatic rings. The van der Waals surface area contributed by atoms with Crippen molar-refractivity contribution in [3.05, 3.63) is 89.3 Å². The number of ether oxygens (including phenoxy) is 2. The summed E-state index contributed by atoms with van der Waals surface area (Å²) >= 11 is 0. The van der Waals surface area contributed by atoms with Gasteiger partial charge in [-0.15, -0.1) is 13.2 Å². The molecule has 37 heavy (non-hydrogen) atoms. The maximum Gasteiger partial charge on any atom is 0.573 e. The first-order valence-corrected chi connectivity index (χ1v) is 10.9. The summed E-state index contributed by atoms with van der Waals surface area (Å²) in [7, 11) is 1.45. The number of amides is 1. The number of nitrogens with zero attached hydrogens (tertiary/aromatic N) is 1. The lowest BCUT2D eigenvalue weighted by molar-refractivity contribution is -0.274. The van der Waals surface area contributed by atoms with Crippen molar-refractivity contribution in [1.29, 1.82) is 0 Å². The number of alkyl halides is 3. The van der Waals surface area contributed by atoms with Crippen LogP contribution in [-0.4, -0.2) is 30.3 Å². The largest absolute Gasteiger partial charge is 0.573 e. The van der Waals surface area contributed by atoms with E-state index >= 15 is 0 Å². The summed E-state index contributed by atoms with van der Waals surface area (Å²) in [6, 6.07) is 12.9. The van der Waals surface area contributed by atoms with Gasteiger partial charge in [0.15, 0.2) is 22.9 Å². The van der Waals surface area contributed by atoms with Gasteiger partial charge in [-0.1, -0.05) is 12.1 Å². The molecule has 0 bridgehead atoms. The highest BCUT2D eigenvalue weighted by Gasteiger charge is 2.47. The fraction of sp³-hybridized carbons (Fsp3) is 0.154. The molecule has 1 atom stereocenters. The molecule has 2 aromatic heterocycles. The summed E-state index contributed by atoms with van der Waals surface area (Å²) in [5, 5.41) is 11.4. The van der Waals surface area contributed by atoms with E-state index in [0.29, 0.717) is 22.5 Å². The number of aryl methyl sites for hydroxylation is 1. The average molecular weight is 513 g/mol. The van der Waals surface area contributed by atoms with Crippen molar-refractivity contribution in [3.63, 3.8) is 0 Å². The molecule has 1 amide bonds. The van der Waals surface area contributed by atoms with E-state index < -0.39 is 35.6 Å². The lowest BCUT2D eigenvalue weighted by Gasteiger charge is -2.25. The van der Waals surface area contributed by atoms with Crippen LogP contribution in [0.5, 0.6) is 11.5 Å². The van der Waals surface area contributed by atoms with E-state index in [0.717, 1.165) is 17.0 Å². The number of furan rings is 2. The number of carbonyl (C=O) groups is 2. The molecule has 1 aliphatic heterocycles. The van der Waals surface area contributed by atoms with E-state index in [1.165, 1.54) is 31.4 Å². The predicted molar refractivity (Wildman–Crippen MR) is 124 cm³/mol. The number of anilines is 1. The van der Waals surface area contributed by atoms with Gasteiger partial charge in [-0.25, -0.2) is 0 Å². The Morgan fingerprint density at radius 2 is 1.78 bits per heavy atom. The Bertz CT molecular complexity index is 1550. The highest BCUT2D eigenvalue weighted by Crippen LogP contribution is 2.43. The second kappa shape index (κ2) is 8.77. The van der Waals surface area contributed by atoms with Crippen LogP contribution in [0.1, 0.15) is 28.1 Å². The molecule has 1 aliphatic rings. The molecule has 0 spiro atoms. The summed E-state index contributed by atoms with van der Waals surface area (Å²) < 4.78 is 58.3. The van der Waals surface area contributed by atoms with Gasteiger partial charge in [0.1, 0.15) is 23.3 Å². The van der Waals surface area contributed by atoms with Crippen LogP contribution in [0.2, 0.25) is 0 Å². The van der Waals surface area contributed by atoms with Crippen LogP contribution in [-0.2, 0) is 4.79 Å². The molecule has 190 valence electrons. The Morgan fingerprint density at radius 3 is 2.41 bits per heavy atom. The first-order valence-electron chi connectivity index (χ1n) is 10.9. The van der Waals surface area contributed by atoms with E-state index in [1.807, 2.05) is 0 Å². The van der Waals surface area contributed by atoms with Crippen LogP contribution in [0.4, 0.5) is 18.9 Å². The van der Waals surface area contributed by atoms with E-state index in [9.17, 15) is 27.9 Å². The minimum absolute atomic E-state index is 0.0965. The molecular weight excluding hydrogens is 495 g/mol. The third-order valence-corrected chi connectivity index (χ3v) is 5.78. The molecular formula is C26H18F3NO7. The summed E-state index contributed by atoms with van der Waals surface area (Å²) in [6.45, 7) is 1.66. The Kier molecular flexibility index (Phi) is 5.70. The number of fused-ring (bicyclic) bond motifs is 1. The molecule has 0 saturated heterocycles. The molecule has 1 unspecified atom stereocenters. The average Bonchev–Trinajstić information content (AvgIpc) is 3.54. The Hall–Kier alpha value is -4.67. The second-order valence-corrected chi connectivity index (χ2v) is 8.15. The van der Waals surface area contributed by atoms with Gasteiger partial charge < -0.3 is 23.4 Å². The number of benzene rings is 2. The Balaban J connectivity index is 1.58. The van der Waals surface area contributed by atoms with Gasteiger partial charge in [0.05, 0.1) is 12.7 Å². The predicted octanol–water partition coefficient (Wildman–Crippen LogP) is 6.02. The molecule has 8 nitrogen and oxygen atoms in total. The number of hydrogen-bond donors (Lipinski definition) is 1. The second-order valence-electron chi connectivity index (χ2n) is 8.15. The van der Waals surface area contributed by atoms with Crippen molar-refractivity contribution in [2.24, 2.45) is 0 Å². The molecule has 11 heteroatoms. The van der Waals surface area contributed by atoms with Crippen molar-refractivity contribution in [2.75, 3.05) is 12.0 Å². The number of aliphatic hydroxyl groups is 1. The molecule has 0 radical (unpaired) electrons. The third kappa shape index (κ3) is 4.28. The van der Waals surface area contributed by atoms with E-state index in [4.69, 9.17) is 13.6 Å². The van der Waals surface area contributed by atoms with Crippen molar-refractivity contribution in [2.45, 2.75) is 19.3 Å². The first kappa shape index (κ1) is 24.0. The van der Waals surface area contributed by atoms with Crippen LogP contribution in [0.3, 0.4) is 0 Å². The van der Waals surface area contributed by atoms with E-state index in [-0.39, 0.29) is 22.8 Å². The topological polar surface area (TPSA) is 102 Å². The number of aliphatic hydroxyl groups excluding tert-OH is 1. The number of methoxy groups -OCH3 is 1. The van der Waals surface area contributed by atoms with Gasteiger partial charge in [0.25, 0.3) is 5.91 Å².